The minimum Gasteiger partial charge on any atom is -0.416 e. The first-order valence-electron chi connectivity index (χ1n) is 10.9. The molecule has 2 aromatic heterocycles. The first-order valence-corrected chi connectivity index (χ1v) is 12.7. The number of nitrogens with one attached hydrogen (secondary N) is 1. The average Bonchev–Trinajstić information content (AvgIpc) is 3.49. The lowest BCUT2D eigenvalue weighted by Crippen LogP contribution is -2.49. The zero-order valence-electron chi connectivity index (χ0n) is 18.2. The quantitative estimate of drug-likeness (QED) is 0.362. The molecule has 0 saturated carbocycles. The number of piperazine rings is 1. The van der Waals surface area contributed by atoms with E-state index in [0.717, 1.165) is 35.6 Å². The number of imidazole rings is 1. The number of nitrogens with zero attached hydrogens (tertiary/aromatic N) is 5. The fourth-order valence-corrected chi connectivity index (χ4v) is 4.83. The molecule has 0 radical (unpaired) electrons. The predicted molar refractivity (Wildman–Crippen MR) is 134 cm³/mol. The normalized spacial score (nSPS) is 14.2. The number of aryl methyl sites for hydroxylation is 2. The summed E-state index contributed by atoms with van der Waals surface area (Å²) in [4.78, 5) is 24.6. The van der Waals surface area contributed by atoms with Crippen molar-refractivity contribution < 1.29 is 9.21 Å². The van der Waals surface area contributed by atoms with Crippen molar-refractivity contribution in [3.63, 3.8) is 0 Å². The Hall–Kier alpha value is -2.75. The second-order valence-electron chi connectivity index (χ2n) is 7.92. The van der Waals surface area contributed by atoms with Crippen molar-refractivity contribution in [2.24, 2.45) is 0 Å². The Morgan fingerprint density at radius 2 is 1.85 bits per heavy atom. The lowest BCUT2D eigenvalue weighted by molar-refractivity contribution is -0.128. The van der Waals surface area contributed by atoms with E-state index in [9.17, 15) is 4.79 Å². The Morgan fingerprint density at radius 1 is 1.03 bits per heavy atom. The van der Waals surface area contributed by atoms with Gasteiger partial charge >= 0.3 is 0 Å². The standard InChI is InChI=1S/C23H22Cl2N6O2S/c24-16-6-5-15(13-17(16)25)30-9-11-31(12-10-30)22(32)14-34-23-29-28-21(33-23)8-7-20-26-18-3-1-2-4-19(18)27-20/h1-6,13H,7-12,14H2,(H,26,27). The van der Waals surface area contributed by atoms with E-state index in [4.69, 9.17) is 27.6 Å². The molecule has 0 unspecified atom stereocenters. The zero-order valence-corrected chi connectivity index (χ0v) is 20.5. The molecule has 4 aromatic rings. The maximum Gasteiger partial charge on any atom is 0.277 e. The number of thioether (sulfide) groups is 1. The number of rotatable bonds is 7. The molecule has 5 rings (SSSR count). The number of carbonyl (C=O) groups is 1. The third-order valence-corrected chi connectivity index (χ3v) is 7.22. The number of hydrogen-bond donors (Lipinski definition) is 1. The number of para-hydroxylation sites is 2. The monoisotopic (exact) mass is 516 g/mol. The number of fused-ring (bicyclic) bond motifs is 1. The summed E-state index contributed by atoms with van der Waals surface area (Å²) in [5.74, 6) is 1.73. The number of H-pyrrole nitrogens is 1. The van der Waals surface area contributed by atoms with E-state index in [1.807, 2.05) is 41.3 Å². The summed E-state index contributed by atoms with van der Waals surface area (Å²) in [6.07, 6.45) is 1.25. The highest BCUT2D eigenvalue weighted by Gasteiger charge is 2.22. The molecule has 1 N–H and O–H groups in total. The van der Waals surface area contributed by atoms with Crippen molar-refractivity contribution in [3.05, 3.63) is 64.2 Å². The van der Waals surface area contributed by atoms with E-state index in [2.05, 4.69) is 25.1 Å². The van der Waals surface area contributed by atoms with Crippen molar-refractivity contribution in [1.82, 2.24) is 25.1 Å². The van der Waals surface area contributed by atoms with Gasteiger partial charge in [-0.15, -0.1) is 10.2 Å². The minimum atomic E-state index is 0.0563. The van der Waals surface area contributed by atoms with Gasteiger partial charge in [0.05, 0.1) is 26.8 Å². The Kier molecular flexibility index (Phi) is 6.94. The van der Waals surface area contributed by atoms with E-state index < -0.39 is 0 Å². The molecule has 0 spiro atoms. The van der Waals surface area contributed by atoms with Crippen LogP contribution in [0, 0.1) is 0 Å². The van der Waals surface area contributed by atoms with Crippen molar-refractivity contribution in [2.45, 2.75) is 18.1 Å². The van der Waals surface area contributed by atoms with E-state index in [0.29, 0.717) is 47.1 Å². The largest absolute Gasteiger partial charge is 0.416 e. The topological polar surface area (TPSA) is 91.1 Å². The first-order chi connectivity index (χ1) is 16.5. The summed E-state index contributed by atoms with van der Waals surface area (Å²) in [5.41, 5.74) is 2.96. The van der Waals surface area contributed by atoms with Gasteiger partial charge in [0.15, 0.2) is 0 Å². The van der Waals surface area contributed by atoms with Gasteiger partial charge in [-0.1, -0.05) is 47.1 Å². The van der Waals surface area contributed by atoms with Gasteiger partial charge in [0.1, 0.15) is 5.82 Å². The van der Waals surface area contributed by atoms with Crippen LogP contribution in [0.2, 0.25) is 10.0 Å². The molecule has 1 saturated heterocycles. The molecule has 34 heavy (non-hydrogen) atoms. The number of aromatic nitrogens is 4. The maximum atomic E-state index is 12.7. The zero-order chi connectivity index (χ0) is 23.5. The Balaban J connectivity index is 1.08. The van der Waals surface area contributed by atoms with Gasteiger partial charge in [-0.25, -0.2) is 4.98 Å². The van der Waals surface area contributed by atoms with Crippen molar-refractivity contribution in [2.75, 3.05) is 36.8 Å². The van der Waals surface area contributed by atoms with Crippen LogP contribution in [0.1, 0.15) is 11.7 Å². The van der Waals surface area contributed by atoms with Crippen molar-refractivity contribution in [3.8, 4) is 0 Å². The van der Waals surface area contributed by atoms with Gasteiger partial charge in [0, 0.05) is 44.7 Å². The van der Waals surface area contributed by atoms with E-state index in [-0.39, 0.29) is 11.7 Å². The lowest BCUT2D eigenvalue weighted by Gasteiger charge is -2.36. The van der Waals surface area contributed by atoms with Crippen LogP contribution in [0.5, 0.6) is 0 Å². The van der Waals surface area contributed by atoms with Gasteiger partial charge < -0.3 is 19.2 Å². The Bertz CT molecular complexity index is 1270. The lowest BCUT2D eigenvalue weighted by atomic mass is 10.2. The molecule has 0 bridgehead atoms. The number of hydrogen-bond acceptors (Lipinski definition) is 7. The summed E-state index contributed by atoms with van der Waals surface area (Å²) >= 11 is 13.4. The highest BCUT2D eigenvalue weighted by Crippen LogP contribution is 2.28. The maximum absolute atomic E-state index is 12.7. The van der Waals surface area contributed by atoms with Crippen LogP contribution >= 0.6 is 35.0 Å². The number of carbonyl (C=O) groups excluding carboxylic acids is 1. The smallest absolute Gasteiger partial charge is 0.277 e. The fourth-order valence-electron chi connectivity index (χ4n) is 3.86. The van der Waals surface area contributed by atoms with Gasteiger partial charge in [-0.05, 0) is 30.3 Å². The van der Waals surface area contributed by atoms with Crippen LogP contribution in [0.3, 0.4) is 0 Å². The molecule has 0 atom stereocenters. The number of anilines is 1. The molecular weight excluding hydrogens is 495 g/mol. The van der Waals surface area contributed by atoms with Gasteiger partial charge in [-0.3, -0.25) is 4.79 Å². The second kappa shape index (κ2) is 10.2. The molecule has 1 amide bonds. The molecule has 1 fully saturated rings. The SMILES string of the molecule is O=C(CSc1nnc(CCc2nc3ccccc3[nH]2)o1)N1CCN(c2ccc(Cl)c(Cl)c2)CC1. The summed E-state index contributed by atoms with van der Waals surface area (Å²) in [7, 11) is 0. The van der Waals surface area contributed by atoms with E-state index in [1.165, 1.54) is 11.8 Å². The number of benzene rings is 2. The molecule has 2 aromatic carbocycles. The van der Waals surface area contributed by atoms with Crippen LogP contribution in [0.25, 0.3) is 11.0 Å². The van der Waals surface area contributed by atoms with Gasteiger partial charge in [0.2, 0.25) is 11.8 Å². The van der Waals surface area contributed by atoms with Crippen LogP contribution in [0.4, 0.5) is 5.69 Å². The van der Waals surface area contributed by atoms with Gasteiger partial charge in [-0.2, -0.15) is 0 Å². The molecule has 11 heteroatoms. The van der Waals surface area contributed by atoms with E-state index >= 15 is 0 Å². The third-order valence-electron chi connectivity index (χ3n) is 5.68. The fraction of sp³-hybridized carbons (Fsp3) is 0.304. The summed E-state index contributed by atoms with van der Waals surface area (Å²) in [6, 6.07) is 13.5. The highest BCUT2D eigenvalue weighted by molar-refractivity contribution is 7.99. The Labute approximate surface area is 210 Å². The van der Waals surface area contributed by atoms with Crippen LogP contribution in [0.15, 0.2) is 52.1 Å². The van der Waals surface area contributed by atoms with Crippen molar-refractivity contribution >= 4 is 57.6 Å². The van der Waals surface area contributed by atoms with Crippen LogP contribution < -0.4 is 4.90 Å². The molecule has 0 aliphatic carbocycles. The molecule has 176 valence electrons. The highest BCUT2D eigenvalue weighted by atomic mass is 35.5. The molecule has 3 heterocycles. The van der Waals surface area contributed by atoms with Crippen LogP contribution in [-0.2, 0) is 17.6 Å². The molecule has 1 aliphatic heterocycles. The number of halogens is 2. The minimum absolute atomic E-state index is 0.0563. The Morgan fingerprint density at radius 3 is 2.65 bits per heavy atom. The van der Waals surface area contributed by atoms with Crippen molar-refractivity contribution in [1.29, 1.82) is 0 Å². The summed E-state index contributed by atoms with van der Waals surface area (Å²) in [6.45, 7) is 2.76. The first kappa shape index (κ1) is 23.0. The molecule has 8 nitrogen and oxygen atoms in total. The summed E-state index contributed by atoms with van der Waals surface area (Å²) in [5, 5.41) is 9.65. The molecular formula is C23H22Cl2N6O2S. The van der Waals surface area contributed by atoms with Gasteiger partial charge in [0.25, 0.3) is 5.22 Å². The molecule has 1 aliphatic rings. The second-order valence-corrected chi connectivity index (χ2v) is 9.66. The summed E-state index contributed by atoms with van der Waals surface area (Å²) < 4.78 is 5.71. The van der Waals surface area contributed by atoms with Crippen LogP contribution in [-0.4, -0.2) is 62.9 Å². The average molecular weight is 517 g/mol. The number of amides is 1. The van der Waals surface area contributed by atoms with E-state index in [1.54, 1.807) is 6.07 Å². The number of aromatic amines is 1. The predicted octanol–water partition coefficient (Wildman–Crippen LogP) is 4.48. The third kappa shape index (κ3) is 5.32.